The molecule has 1 saturated heterocycles. The molecule has 1 aromatic rings. The van der Waals surface area contributed by atoms with Gasteiger partial charge in [-0.15, -0.1) is 0 Å². The zero-order chi connectivity index (χ0) is 14.4. The Kier molecular flexibility index (Phi) is 4.97. The molecule has 0 unspecified atom stereocenters. The highest BCUT2D eigenvalue weighted by molar-refractivity contribution is 5.78. The molecular weight excluding hydrogens is 254 g/mol. The monoisotopic (exact) mass is 273 g/mol. The summed E-state index contributed by atoms with van der Waals surface area (Å²) >= 11 is 0. The molecule has 20 heavy (non-hydrogen) atoms. The summed E-state index contributed by atoms with van der Waals surface area (Å²) in [4.78, 5) is 16.1. The van der Waals surface area contributed by atoms with Crippen LogP contribution < -0.4 is 4.74 Å². The number of nitriles is 1. The number of rotatable bonds is 4. The molecule has 1 aliphatic heterocycles. The number of nitrogens with zero attached hydrogens (tertiary/aromatic N) is 3. The second kappa shape index (κ2) is 6.92. The van der Waals surface area contributed by atoms with Gasteiger partial charge in [0.25, 0.3) is 0 Å². The number of amides is 1. The van der Waals surface area contributed by atoms with E-state index in [1.54, 1.807) is 7.11 Å². The first-order valence-corrected chi connectivity index (χ1v) is 6.73. The molecule has 0 radical (unpaired) electrons. The third kappa shape index (κ3) is 3.72. The van der Waals surface area contributed by atoms with Crippen molar-refractivity contribution in [1.29, 1.82) is 5.26 Å². The van der Waals surface area contributed by atoms with Gasteiger partial charge in [-0.2, -0.15) is 5.26 Å². The highest BCUT2D eigenvalue weighted by Crippen LogP contribution is 2.13. The average molecular weight is 273 g/mol. The third-order valence-electron chi connectivity index (χ3n) is 3.53. The first kappa shape index (κ1) is 14.4. The van der Waals surface area contributed by atoms with Gasteiger partial charge in [-0.3, -0.25) is 9.69 Å². The molecule has 0 saturated carbocycles. The number of carbonyl (C=O) groups excluding carboxylic acids is 1. The smallest absolute Gasteiger partial charge is 0.227 e. The van der Waals surface area contributed by atoms with Crippen molar-refractivity contribution in [2.24, 2.45) is 0 Å². The lowest BCUT2D eigenvalue weighted by Gasteiger charge is -2.33. The molecule has 0 atom stereocenters. The van der Waals surface area contributed by atoms with Crippen molar-refractivity contribution in [2.75, 3.05) is 39.8 Å². The van der Waals surface area contributed by atoms with Gasteiger partial charge in [0.05, 0.1) is 26.1 Å². The average Bonchev–Trinajstić information content (AvgIpc) is 2.49. The molecule has 0 aromatic heterocycles. The van der Waals surface area contributed by atoms with E-state index in [0.29, 0.717) is 26.1 Å². The van der Waals surface area contributed by atoms with E-state index >= 15 is 0 Å². The Morgan fingerprint density at radius 3 is 2.45 bits per heavy atom. The summed E-state index contributed by atoms with van der Waals surface area (Å²) in [6.45, 7) is 3.41. The summed E-state index contributed by atoms with van der Waals surface area (Å²) < 4.78 is 5.10. The third-order valence-corrected chi connectivity index (χ3v) is 3.53. The summed E-state index contributed by atoms with van der Waals surface area (Å²) in [7, 11) is 1.63. The van der Waals surface area contributed by atoms with Crippen LogP contribution in [-0.2, 0) is 11.2 Å². The van der Waals surface area contributed by atoms with E-state index in [9.17, 15) is 4.79 Å². The molecule has 0 bridgehead atoms. The van der Waals surface area contributed by atoms with E-state index in [4.69, 9.17) is 10.00 Å². The van der Waals surface area contributed by atoms with Gasteiger partial charge in [-0.05, 0) is 17.7 Å². The lowest BCUT2D eigenvalue weighted by atomic mass is 10.1. The van der Waals surface area contributed by atoms with Crippen molar-refractivity contribution in [2.45, 2.75) is 6.42 Å². The second-order valence-corrected chi connectivity index (χ2v) is 4.84. The molecule has 5 nitrogen and oxygen atoms in total. The quantitative estimate of drug-likeness (QED) is 0.765. The zero-order valence-corrected chi connectivity index (χ0v) is 11.7. The highest BCUT2D eigenvalue weighted by Gasteiger charge is 2.20. The lowest BCUT2D eigenvalue weighted by Crippen LogP contribution is -2.49. The number of hydrogen-bond donors (Lipinski definition) is 0. The second-order valence-electron chi connectivity index (χ2n) is 4.84. The lowest BCUT2D eigenvalue weighted by molar-refractivity contribution is -0.132. The van der Waals surface area contributed by atoms with E-state index in [0.717, 1.165) is 24.4 Å². The van der Waals surface area contributed by atoms with Gasteiger partial charge in [-0.1, -0.05) is 12.1 Å². The minimum absolute atomic E-state index is 0.145. The largest absolute Gasteiger partial charge is 0.497 e. The molecule has 5 heteroatoms. The Balaban J connectivity index is 1.84. The molecule has 106 valence electrons. The van der Waals surface area contributed by atoms with E-state index in [-0.39, 0.29) is 5.91 Å². The van der Waals surface area contributed by atoms with Crippen molar-refractivity contribution in [1.82, 2.24) is 9.80 Å². The van der Waals surface area contributed by atoms with Crippen LogP contribution in [0.2, 0.25) is 0 Å². The number of hydrogen-bond acceptors (Lipinski definition) is 4. The Hall–Kier alpha value is -2.06. The van der Waals surface area contributed by atoms with E-state index < -0.39 is 0 Å². The molecule has 1 amide bonds. The number of carbonyl (C=O) groups is 1. The van der Waals surface area contributed by atoms with E-state index in [1.165, 1.54) is 0 Å². The molecule has 0 N–H and O–H groups in total. The predicted octanol–water partition coefficient (Wildman–Crippen LogP) is 0.905. The van der Waals surface area contributed by atoms with Crippen molar-refractivity contribution >= 4 is 5.91 Å². The number of benzene rings is 1. The Morgan fingerprint density at radius 1 is 1.25 bits per heavy atom. The van der Waals surface area contributed by atoms with Gasteiger partial charge in [0, 0.05) is 26.2 Å². The van der Waals surface area contributed by atoms with Crippen LogP contribution in [0.25, 0.3) is 0 Å². The summed E-state index contributed by atoms with van der Waals surface area (Å²) in [6, 6.07) is 9.72. The Morgan fingerprint density at radius 2 is 1.90 bits per heavy atom. The maximum atomic E-state index is 12.2. The van der Waals surface area contributed by atoms with Gasteiger partial charge >= 0.3 is 0 Å². The number of piperazine rings is 1. The van der Waals surface area contributed by atoms with E-state index in [1.807, 2.05) is 29.2 Å². The van der Waals surface area contributed by atoms with Crippen LogP contribution in [0, 0.1) is 11.3 Å². The van der Waals surface area contributed by atoms with Crippen LogP contribution in [0.1, 0.15) is 5.56 Å². The zero-order valence-electron chi connectivity index (χ0n) is 11.7. The van der Waals surface area contributed by atoms with Crippen molar-refractivity contribution in [3.05, 3.63) is 29.8 Å². The normalized spacial score (nSPS) is 15.7. The Labute approximate surface area is 119 Å². The van der Waals surface area contributed by atoms with Gasteiger partial charge in [0.2, 0.25) is 5.91 Å². The van der Waals surface area contributed by atoms with Crippen molar-refractivity contribution in [3.8, 4) is 11.8 Å². The SMILES string of the molecule is COc1ccc(CC(=O)N2CCN(CC#N)CC2)cc1. The van der Waals surface area contributed by atoms with Crippen LogP contribution in [0.5, 0.6) is 5.75 Å². The first-order chi connectivity index (χ1) is 9.72. The van der Waals surface area contributed by atoms with Crippen LogP contribution in [0.3, 0.4) is 0 Å². The standard InChI is InChI=1S/C15H19N3O2/c1-20-14-4-2-13(3-5-14)12-15(19)18-10-8-17(7-6-16)9-11-18/h2-5H,7-12H2,1H3. The minimum atomic E-state index is 0.145. The maximum Gasteiger partial charge on any atom is 0.227 e. The molecule has 1 aromatic carbocycles. The van der Waals surface area contributed by atoms with Crippen LogP contribution in [0.4, 0.5) is 0 Å². The van der Waals surface area contributed by atoms with Crippen molar-refractivity contribution < 1.29 is 9.53 Å². The summed E-state index contributed by atoms with van der Waals surface area (Å²) in [6.07, 6.45) is 0.419. The van der Waals surface area contributed by atoms with Crippen LogP contribution >= 0.6 is 0 Å². The van der Waals surface area contributed by atoms with E-state index in [2.05, 4.69) is 11.0 Å². The van der Waals surface area contributed by atoms with Gasteiger partial charge in [0.15, 0.2) is 0 Å². The first-order valence-electron chi connectivity index (χ1n) is 6.73. The Bertz CT molecular complexity index is 485. The number of methoxy groups -OCH3 is 1. The molecular formula is C15H19N3O2. The number of ether oxygens (including phenoxy) is 1. The van der Waals surface area contributed by atoms with Crippen molar-refractivity contribution in [3.63, 3.8) is 0 Å². The van der Waals surface area contributed by atoms with Gasteiger partial charge in [0.1, 0.15) is 5.75 Å². The maximum absolute atomic E-state index is 12.2. The van der Waals surface area contributed by atoms with Gasteiger partial charge < -0.3 is 9.64 Å². The molecule has 2 rings (SSSR count). The van der Waals surface area contributed by atoms with Crippen LogP contribution in [0.15, 0.2) is 24.3 Å². The fourth-order valence-corrected chi connectivity index (χ4v) is 2.29. The minimum Gasteiger partial charge on any atom is -0.497 e. The highest BCUT2D eigenvalue weighted by atomic mass is 16.5. The predicted molar refractivity (Wildman–Crippen MR) is 75.3 cm³/mol. The summed E-state index contributed by atoms with van der Waals surface area (Å²) in [5.74, 6) is 0.943. The summed E-state index contributed by atoms with van der Waals surface area (Å²) in [5, 5.41) is 8.65. The molecule has 1 fully saturated rings. The van der Waals surface area contributed by atoms with Gasteiger partial charge in [-0.25, -0.2) is 0 Å². The topological polar surface area (TPSA) is 56.6 Å². The molecule has 1 heterocycles. The molecule has 1 aliphatic rings. The fraction of sp³-hybridized carbons (Fsp3) is 0.467. The molecule has 0 spiro atoms. The fourth-order valence-electron chi connectivity index (χ4n) is 2.29. The van der Waals surface area contributed by atoms with Crippen LogP contribution in [-0.4, -0.2) is 55.5 Å². The summed E-state index contributed by atoms with van der Waals surface area (Å²) in [5.41, 5.74) is 0.996. The molecule has 0 aliphatic carbocycles.